The zero-order valence-corrected chi connectivity index (χ0v) is 13.9. The van der Waals surface area contributed by atoms with Crippen LogP contribution in [0.25, 0.3) is 0 Å². The van der Waals surface area contributed by atoms with E-state index >= 15 is 0 Å². The van der Waals surface area contributed by atoms with Crippen molar-refractivity contribution in [2.75, 3.05) is 13.1 Å². The van der Waals surface area contributed by atoms with E-state index in [1.54, 1.807) is 11.1 Å². The first-order valence-corrected chi connectivity index (χ1v) is 8.34. The molecule has 2 fully saturated rings. The van der Waals surface area contributed by atoms with Crippen molar-refractivity contribution in [1.29, 1.82) is 0 Å². The Morgan fingerprint density at radius 1 is 1.38 bits per heavy atom. The van der Waals surface area contributed by atoms with Crippen molar-refractivity contribution in [3.05, 3.63) is 29.9 Å². The number of hydrogen-bond donors (Lipinski definition) is 0. The number of carbonyl (C=O) groups is 1. The number of aromatic nitrogens is 4. The molecule has 8 heteroatoms. The Hall–Kier alpha value is -2.22. The second-order valence-corrected chi connectivity index (χ2v) is 6.60. The van der Waals surface area contributed by atoms with Gasteiger partial charge in [0.05, 0.1) is 12.6 Å². The zero-order chi connectivity index (χ0) is 16.7. The number of carbonyl (C=O) groups excluding carboxylic acids is 1. The van der Waals surface area contributed by atoms with Crippen LogP contribution in [0.2, 0.25) is 0 Å². The summed E-state index contributed by atoms with van der Waals surface area (Å²) < 4.78 is 13.1. The first kappa shape index (κ1) is 15.3. The Balaban J connectivity index is 1.45. The number of amides is 1. The average molecular weight is 331 g/mol. The maximum atomic E-state index is 12.6. The highest BCUT2D eigenvalue weighted by molar-refractivity contribution is 5.76. The second-order valence-electron chi connectivity index (χ2n) is 6.60. The van der Waals surface area contributed by atoms with Crippen LogP contribution in [0, 0.1) is 6.92 Å². The van der Waals surface area contributed by atoms with E-state index in [-0.39, 0.29) is 24.7 Å². The van der Waals surface area contributed by atoms with E-state index < -0.39 is 0 Å². The first-order chi connectivity index (χ1) is 11.6. The number of imidazole rings is 1. The molecule has 1 aliphatic carbocycles. The van der Waals surface area contributed by atoms with Crippen molar-refractivity contribution in [1.82, 2.24) is 24.6 Å². The lowest BCUT2D eigenvalue weighted by molar-refractivity contribution is -0.147. The highest BCUT2D eigenvalue weighted by atomic mass is 16.5. The molecule has 1 amide bonds. The third-order valence-electron chi connectivity index (χ3n) is 4.52. The molecule has 0 aromatic carbocycles. The van der Waals surface area contributed by atoms with Crippen LogP contribution < -0.4 is 0 Å². The lowest BCUT2D eigenvalue weighted by atomic mass is 10.2. The predicted octanol–water partition coefficient (Wildman–Crippen LogP) is 1.44. The predicted molar refractivity (Wildman–Crippen MR) is 83.1 cm³/mol. The van der Waals surface area contributed by atoms with Crippen LogP contribution in [0.15, 0.2) is 16.9 Å². The minimum Gasteiger partial charge on any atom is -0.362 e. The Morgan fingerprint density at radius 3 is 2.92 bits per heavy atom. The van der Waals surface area contributed by atoms with Gasteiger partial charge in [-0.1, -0.05) is 5.16 Å². The van der Waals surface area contributed by atoms with Crippen molar-refractivity contribution in [2.45, 2.75) is 51.4 Å². The summed E-state index contributed by atoms with van der Waals surface area (Å²) in [6.07, 6.45) is 5.32. The smallest absolute Gasteiger partial charge is 0.257 e. The van der Waals surface area contributed by atoms with Crippen molar-refractivity contribution >= 4 is 5.91 Å². The summed E-state index contributed by atoms with van der Waals surface area (Å²) in [5.41, 5.74) is 0. The molecular formula is C16H21N5O3. The van der Waals surface area contributed by atoms with Gasteiger partial charge in [0.15, 0.2) is 11.9 Å². The second kappa shape index (κ2) is 6.01. The number of ether oxygens (including phenoxy) is 1. The van der Waals surface area contributed by atoms with E-state index in [1.807, 2.05) is 24.6 Å². The van der Waals surface area contributed by atoms with E-state index in [2.05, 4.69) is 15.1 Å². The summed E-state index contributed by atoms with van der Waals surface area (Å²) in [6.45, 7) is 5.11. The molecule has 0 bridgehead atoms. The summed E-state index contributed by atoms with van der Waals surface area (Å²) >= 11 is 0. The standard InChI is InChI=1S/C16H21N5O3/c1-10-7-21(14(22)9-20-6-5-17-11(20)2)8-13(23-10)16-18-15(19-24-16)12-3-4-12/h5-6,10,12-13H,3-4,7-9H2,1-2H3/t10-,13-/m1/s1. The Kier molecular flexibility index (Phi) is 3.84. The number of nitrogens with zero attached hydrogens (tertiary/aromatic N) is 5. The molecule has 8 nitrogen and oxygen atoms in total. The fourth-order valence-corrected chi connectivity index (χ4v) is 2.99. The summed E-state index contributed by atoms with van der Waals surface area (Å²) in [7, 11) is 0. The topological polar surface area (TPSA) is 86.3 Å². The van der Waals surface area contributed by atoms with Crippen molar-refractivity contribution in [3.8, 4) is 0 Å². The van der Waals surface area contributed by atoms with E-state index in [0.29, 0.717) is 24.9 Å². The lowest BCUT2D eigenvalue weighted by Gasteiger charge is -2.35. The van der Waals surface area contributed by atoms with Gasteiger partial charge >= 0.3 is 0 Å². The molecule has 1 saturated carbocycles. The third-order valence-corrected chi connectivity index (χ3v) is 4.52. The largest absolute Gasteiger partial charge is 0.362 e. The normalized spacial score (nSPS) is 24.3. The lowest BCUT2D eigenvalue weighted by Crippen LogP contribution is -2.47. The van der Waals surface area contributed by atoms with Crippen LogP contribution in [-0.2, 0) is 16.1 Å². The summed E-state index contributed by atoms with van der Waals surface area (Å²) in [5, 5.41) is 4.04. The molecule has 1 saturated heterocycles. The summed E-state index contributed by atoms with van der Waals surface area (Å²) in [5.74, 6) is 2.54. The molecule has 2 aliphatic rings. The van der Waals surface area contributed by atoms with Gasteiger partial charge in [0, 0.05) is 24.9 Å². The van der Waals surface area contributed by atoms with Gasteiger partial charge in [-0.2, -0.15) is 4.98 Å². The fraction of sp³-hybridized carbons (Fsp3) is 0.625. The molecule has 2 aromatic rings. The van der Waals surface area contributed by atoms with Crippen LogP contribution in [0.3, 0.4) is 0 Å². The van der Waals surface area contributed by atoms with Crippen molar-refractivity contribution in [2.24, 2.45) is 0 Å². The van der Waals surface area contributed by atoms with Gasteiger partial charge in [0.2, 0.25) is 5.91 Å². The average Bonchev–Trinajstić information content (AvgIpc) is 3.15. The molecule has 2 aromatic heterocycles. The molecule has 3 heterocycles. The molecule has 1 aliphatic heterocycles. The maximum Gasteiger partial charge on any atom is 0.257 e. The number of hydrogen-bond acceptors (Lipinski definition) is 6. The quantitative estimate of drug-likeness (QED) is 0.842. The van der Waals surface area contributed by atoms with Gasteiger partial charge in [-0.25, -0.2) is 4.98 Å². The van der Waals surface area contributed by atoms with Crippen LogP contribution >= 0.6 is 0 Å². The molecule has 128 valence electrons. The molecule has 0 radical (unpaired) electrons. The SMILES string of the molecule is Cc1nccn1CC(=O)N1C[C@@H](C)O[C@@H](c2nc(C3CC3)no2)C1. The Labute approximate surface area is 139 Å². The van der Waals surface area contributed by atoms with Gasteiger partial charge in [0.25, 0.3) is 5.89 Å². The highest BCUT2D eigenvalue weighted by Crippen LogP contribution is 2.38. The molecule has 0 unspecified atom stereocenters. The van der Waals surface area contributed by atoms with Gasteiger partial charge in [-0.05, 0) is 26.7 Å². The van der Waals surface area contributed by atoms with Crippen LogP contribution in [0.4, 0.5) is 0 Å². The number of rotatable bonds is 4. The molecule has 2 atom stereocenters. The third kappa shape index (κ3) is 3.06. The van der Waals surface area contributed by atoms with Crippen molar-refractivity contribution in [3.63, 3.8) is 0 Å². The van der Waals surface area contributed by atoms with Gasteiger partial charge in [-0.3, -0.25) is 4.79 Å². The molecular weight excluding hydrogens is 310 g/mol. The van der Waals surface area contributed by atoms with Crippen LogP contribution in [0.5, 0.6) is 0 Å². The van der Waals surface area contributed by atoms with Gasteiger partial charge < -0.3 is 18.7 Å². The van der Waals surface area contributed by atoms with Crippen LogP contribution in [-0.4, -0.2) is 49.7 Å². The fourth-order valence-electron chi connectivity index (χ4n) is 2.99. The van der Waals surface area contributed by atoms with Gasteiger partial charge in [0.1, 0.15) is 12.4 Å². The minimum atomic E-state index is -0.360. The summed E-state index contributed by atoms with van der Waals surface area (Å²) in [4.78, 5) is 23.0. The first-order valence-electron chi connectivity index (χ1n) is 8.34. The summed E-state index contributed by atoms with van der Waals surface area (Å²) in [6, 6.07) is 0. The van der Waals surface area contributed by atoms with E-state index in [0.717, 1.165) is 24.5 Å². The number of aryl methyl sites for hydroxylation is 1. The zero-order valence-electron chi connectivity index (χ0n) is 13.9. The van der Waals surface area contributed by atoms with Gasteiger partial charge in [-0.15, -0.1) is 0 Å². The monoisotopic (exact) mass is 331 g/mol. The molecule has 24 heavy (non-hydrogen) atoms. The molecule has 0 spiro atoms. The van der Waals surface area contributed by atoms with E-state index in [9.17, 15) is 4.79 Å². The highest BCUT2D eigenvalue weighted by Gasteiger charge is 2.35. The number of morpholine rings is 1. The van der Waals surface area contributed by atoms with E-state index in [4.69, 9.17) is 9.26 Å². The molecule has 0 N–H and O–H groups in total. The van der Waals surface area contributed by atoms with Crippen molar-refractivity contribution < 1.29 is 14.1 Å². The van der Waals surface area contributed by atoms with Crippen LogP contribution in [0.1, 0.15) is 49.3 Å². The Morgan fingerprint density at radius 2 is 2.21 bits per heavy atom. The minimum absolute atomic E-state index is 0.0400. The Bertz CT molecular complexity index is 736. The molecule has 4 rings (SSSR count). The maximum absolute atomic E-state index is 12.6. The van der Waals surface area contributed by atoms with E-state index in [1.165, 1.54) is 0 Å².